The fourth-order valence-corrected chi connectivity index (χ4v) is 2.40. The largest absolute Gasteiger partial charge is 0.377 e. The predicted molar refractivity (Wildman–Crippen MR) is 73.3 cm³/mol. The van der Waals surface area contributed by atoms with E-state index in [-0.39, 0.29) is 0 Å². The van der Waals surface area contributed by atoms with Gasteiger partial charge < -0.3 is 9.64 Å². The normalized spacial score (nSPS) is 23.6. The van der Waals surface area contributed by atoms with Gasteiger partial charge in [0, 0.05) is 25.0 Å². The lowest BCUT2D eigenvalue weighted by Gasteiger charge is -2.37. The van der Waals surface area contributed by atoms with Crippen molar-refractivity contribution in [2.45, 2.75) is 46.1 Å². The molecule has 0 saturated carbocycles. The molecule has 2 nitrogen and oxygen atoms in total. The highest BCUT2D eigenvalue weighted by molar-refractivity contribution is 9.09. The number of ether oxygens (including phenoxy) is 1. The maximum atomic E-state index is 5.86. The van der Waals surface area contributed by atoms with E-state index >= 15 is 0 Å². The molecule has 0 amide bonds. The molecule has 0 aromatic carbocycles. The smallest absolute Gasteiger partial charge is 0.0702 e. The predicted octanol–water partition coefficient (Wildman–Crippen LogP) is 3.30. The van der Waals surface area contributed by atoms with Crippen molar-refractivity contribution in [3.63, 3.8) is 0 Å². The molecule has 1 aliphatic rings. The Kier molecular flexibility index (Phi) is 6.30. The summed E-state index contributed by atoms with van der Waals surface area (Å²) in [6.07, 6.45) is 4.13. The van der Waals surface area contributed by atoms with Crippen LogP contribution in [0.2, 0.25) is 0 Å². The maximum Gasteiger partial charge on any atom is 0.0702 e. The minimum absolute atomic E-state index is 0.368. The number of hydrogen-bond acceptors (Lipinski definition) is 2. The van der Waals surface area contributed by atoms with E-state index in [1.165, 1.54) is 25.9 Å². The molecule has 16 heavy (non-hydrogen) atoms. The molecule has 0 N–H and O–H groups in total. The molecule has 1 heterocycles. The molecule has 1 saturated heterocycles. The molecule has 3 heteroatoms. The van der Waals surface area contributed by atoms with Crippen LogP contribution in [0.1, 0.15) is 40.0 Å². The van der Waals surface area contributed by atoms with Crippen molar-refractivity contribution in [2.75, 3.05) is 31.6 Å². The quantitative estimate of drug-likeness (QED) is 0.696. The van der Waals surface area contributed by atoms with Crippen LogP contribution in [-0.2, 0) is 4.74 Å². The first-order chi connectivity index (χ1) is 7.57. The van der Waals surface area contributed by atoms with E-state index in [1.54, 1.807) is 0 Å². The minimum atomic E-state index is 0.368. The van der Waals surface area contributed by atoms with E-state index in [2.05, 4.69) is 41.6 Å². The number of hydrogen-bond donors (Lipinski definition) is 0. The van der Waals surface area contributed by atoms with Crippen LogP contribution < -0.4 is 0 Å². The fraction of sp³-hybridized carbons (Fsp3) is 1.00. The number of alkyl halides is 1. The van der Waals surface area contributed by atoms with Crippen molar-refractivity contribution >= 4 is 15.9 Å². The summed E-state index contributed by atoms with van der Waals surface area (Å²) in [4.78, 5) is 2.56. The minimum Gasteiger partial charge on any atom is -0.377 e. The van der Waals surface area contributed by atoms with Gasteiger partial charge in [0.05, 0.1) is 6.10 Å². The Morgan fingerprint density at radius 1 is 1.44 bits per heavy atom. The van der Waals surface area contributed by atoms with Crippen LogP contribution in [0.4, 0.5) is 0 Å². The van der Waals surface area contributed by atoms with Gasteiger partial charge in [0.15, 0.2) is 0 Å². The van der Waals surface area contributed by atoms with Gasteiger partial charge >= 0.3 is 0 Å². The summed E-state index contributed by atoms with van der Waals surface area (Å²) in [6.45, 7) is 11.3. The maximum absolute atomic E-state index is 5.86. The zero-order chi connectivity index (χ0) is 12.0. The molecule has 1 unspecified atom stereocenters. The third-order valence-corrected chi connectivity index (χ3v) is 4.55. The summed E-state index contributed by atoms with van der Waals surface area (Å²) in [6, 6.07) is 0. The molecule has 96 valence electrons. The highest BCUT2D eigenvalue weighted by Crippen LogP contribution is 2.23. The molecule has 1 fully saturated rings. The van der Waals surface area contributed by atoms with Crippen molar-refractivity contribution in [1.29, 1.82) is 0 Å². The van der Waals surface area contributed by atoms with Crippen LogP contribution in [0.3, 0.4) is 0 Å². The second-order valence-electron chi connectivity index (χ2n) is 5.67. The fourth-order valence-electron chi connectivity index (χ4n) is 2.22. The van der Waals surface area contributed by atoms with Crippen LogP contribution in [0.15, 0.2) is 0 Å². The van der Waals surface area contributed by atoms with Crippen molar-refractivity contribution in [1.82, 2.24) is 4.90 Å². The van der Waals surface area contributed by atoms with Crippen molar-refractivity contribution in [2.24, 2.45) is 5.41 Å². The molecule has 0 aromatic heterocycles. The van der Waals surface area contributed by atoms with Crippen LogP contribution in [-0.4, -0.2) is 42.6 Å². The van der Waals surface area contributed by atoms with Gasteiger partial charge in [-0.2, -0.15) is 0 Å². The SMILES string of the molecule is CCCOC1CCCN(CC(C)(C)CBr)C1. The van der Waals surface area contributed by atoms with Crippen LogP contribution in [0.5, 0.6) is 0 Å². The summed E-state index contributed by atoms with van der Waals surface area (Å²) in [7, 11) is 0. The number of piperidine rings is 1. The third kappa shape index (κ3) is 5.15. The molecule has 0 aliphatic carbocycles. The first-order valence-electron chi connectivity index (χ1n) is 6.47. The second kappa shape index (κ2) is 6.97. The average Bonchev–Trinajstić information content (AvgIpc) is 2.26. The van der Waals surface area contributed by atoms with Gasteiger partial charge in [-0.25, -0.2) is 0 Å². The Labute approximate surface area is 109 Å². The lowest BCUT2D eigenvalue weighted by molar-refractivity contribution is -0.00727. The summed E-state index contributed by atoms with van der Waals surface area (Å²) < 4.78 is 5.86. The Bertz CT molecular complexity index is 196. The average molecular weight is 292 g/mol. The van der Waals surface area contributed by atoms with Crippen LogP contribution in [0, 0.1) is 5.41 Å². The topological polar surface area (TPSA) is 12.5 Å². The summed E-state index contributed by atoms with van der Waals surface area (Å²) in [5, 5.41) is 1.07. The Balaban J connectivity index is 2.32. The standard InChI is InChI=1S/C13H26BrNO/c1-4-8-16-12-6-5-7-15(9-12)11-13(2,3)10-14/h12H,4-11H2,1-3H3. The van der Waals surface area contributed by atoms with Gasteiger partial charge in [0.25, 0.3) is 0 Å². The van der Waals surface area contributed by atoms with E-state index in [9.17, 15) is 0 Å². The van der Waals surface area contributed by atoms with Gasteiger partial charge in [0.1, 0.15) is 0 Å². The Hall–Kier alpha value is 0.400. The van der Waals surface area contributed by atoms with E-state index in [1.807, 2.05) is 0 Å². The van der Waals surface area contributed by atoms with Gasteiger partial charge in [-0.05, 0) is 31.2 Å². The van der Waals surface area contributed by atoms with E-state index in [0.717, 1.165) is 24.9 Å². The second-order valence-corrected chi connectivity index (χ2v) is 6.23. The van der Waals surface area contributed by atoms with E-state index in [4.69, 9.17) is 4.74 Å². The summed E-state index contributed by atoms with van der Waals surface area (Å²) in [5.41, 5.74) is 0.368. The number of rotatable bonds is 6. The Morgan fingerprint density at radius 3 is 2.81 bits per heavy atom. The monoisotopic (exact) mass is 291 g/mol. The molecular weight excluding hydrogens is 266 g/mol. The number of nitrogens with zero attached hydrogens (tertiary/aromatic N) is 1. The van der Waals surface area contributed by atoms with Gasteiger partial charge in [-0.3, -0.25) is 0 Å². The molecule has 1 rings (SSSR count). The van der Waals surface area contributed by atoms with Crippen molar-refractivity contribution in [3.05, 3.63) is 0 Å². The van der Waals surface area contributed by atoms with E-state index < -0.39 is 0 Å². The van der Waals surface area contributed by atoms with Crippen LogP contribution >= 0.6 is 15.9 Å². The lowest BCUT2D eigenvalue weighted by atomic mass is 9.94. The van der Waals surface area contributed by atoms with Gasteiger partial charge in [0.2, 0.25) is 0 Å². The first kappa shape index (κ1) is 14.5. The zero-order valence-electron chi connectivity index (χ0n) is 11.0. The lowest BCUT2D eigenvalue weighted by Crippen LogP contribution is -2.44. The molecular formula is C13H26BrNO. The zero-order valence-corrected chi connectivity index (χ0v) is 12.6. The molecule has 1 atom stereocenters. The van der Waals surface area contributed by atoms with Gasteiger partial charge in [-0.1, -0.05) is 36.7 Å². The first-order valence-corrected chi connectivity index (χ1v) is 7.59. The van der Waals surface area contributed by atoms with Gasteiger partial charge in [-0.15, -0.1) is 0 Å². The molecule has 1 aliphatic heterocycles. The van der Waals surface area contributed by atoms with Crippen molar-refractivity contribution < 1.29 is 4.74 Å². The van der Waals surface area contributed by atoms with E-state index in [0.29, 0.717) is 11.5 Å². The third-order valence-electron chi connectivity index (χ3n) is 3.03. The molecule has 0 radical (unpaired) electrons. The number of halogens is 1. The van der Waals surface area contributed by atoms with Crippen molar-refractivity contribution in [3.8, 4) is 0 Å². The highest BCUT2D eigenvalue weighted by atomic mass is 79.9. The van der Waals surface area contributed by atoms with Crippen LogP contribution in [0.25, 0.3) is 0 Å². The summed E-state index contributed by atoms with van der Waals surface area (Å²) in [5.74, 6) is 0. The highest BCUT2D eigenvalue weighted by Gasteiger charge is 2.25. The molecule has 0 bridgehead atoms. The summed E-state index contributed by atoms with van der Waals surface area (Å²) >= 11 is 3.60. The molecule has 0 spiro atoms. The molecule has 0 aromatic rings. The Morgan fingerprint density at radius 2 is 2.19 bits per heavy atom. The number of likely N-dealkylation sites (tertiary alicyclic amines) is 1.